The fourth-order valence-electron chi connectivity index (χ4n) is 0. The molecule has 0 spiro atoms. The van der Waals surface area contributed by atoms with Crippen molar-refractivity contribution in [2.45, 2.75) is 0 Å². The van der Waals surface area contributed by atoms with Crippen LogP contribution in [-0.2, 0) is 21.6 Å². The van der Waals surface area contributed by atoms with E-state index in [9.17, 15) is 0 Å². The van der Waals surface area contributed by atoms with Crippen LogP contribution in [0.3, 0.4) is 0 Å². The van der Waals surface area contributed by atoms with Gasteiger partial charge in [-0.05, 0) is 0 Å². The molecule has 31 valence electrons. The molecule has 0 rings (SSSR count). The average Bonchev–Trinajstić information content (AvgIpc) is 0.811. The van der Waals surface area contributed by atoms with Crippen LogP contribution in [0.2, 0.25) is 0 Å². The summed E-state index contributed by atoms with van der Waals surface area (Å²) in [5, 5.41) is 0. The molecule has 0 aromatic heterocycles. The minimum atomic E-state index is -2.87. The average molecular weight is 136 g/mol. The fourth-order valence-corrected chi connectivity index (χ4v) is 0. The molecular formula is H2MnO3P+. The molecular weight excluding hydrogens is 134 g/mol. The van der Waals surface area contributed by atoms with Gasteiger partial charge in [0.1, 0.15) is 0 Å². The first-order chi connectivity index (χ1) is 1.73. The van der Waals surface area contributed by atoms with Crippen molar-refractivity contribution in [1.82, 2.24) is 0 Å². The van der Waals surface area contributed by atoms with E-state index in [4.69, 9.17) is 14.4 Å². The second-order valence-electron chi connectivity index (χ2n) is 0.253. The van der Waals surface area contributed by atoms with Gasteiger partial charge in [-0.3, -0.25) is 0 Å². The van der Waals surface area contributed by atoms with Crippen LogP contribution in [0, 0.1) is 0 Å². The molecule has 5 heteroatoms. The second kappa shape index (κ2) is 4.54. The van der Waals surface area contributed by atoms with Crippen molar-refractivity contribution >= 4 is 8.25 Å². The monoisotopic (exact) mass is 136 g/mol. The van der Waals surface area contributed by atoms with E-state index in [1.807, 2.05) is 0 Å². The third-order valence-electron chi connectivity index (χ3n) is 0. The molecule has 0 aliphatic carbocycles. The third-order valence-corrected chi connectivity index (χ3v) is 0. The molecule has 0 atom stereocenters. The van der Waals surface area contributed by atoms with E-state index < -0.39 is 8.25 Å². The Bertz CT molecular complexity index is 29.9. The molecule has 0 fully saturated rings. The van der Waals surface area contributed by atoms with Crippen molar-refractivity contribution in [2.75, 3.05) is 0 Å². The summed E-state index contributed by atoms with van der Waals surface area (Å²) in [7, 11) is -2.87. The van der Waals surface area contributed by atoms with Crippen molar-refractivity contribution in [3.8, 4) is 0 Å². The summed E-state index contributed by atoms with van der Waals surface area (Å²) >= 11 is 0. The van der Waals surface area contributed by atoms with E-state index in [1.54, 1.807) is 0 Å². The molecule has 0 saturated carbocycles. The zero-order valence-electron chi connectivity index (χ0n) is 2.13. The topological polar surface area (TPSA) is 57.5 Å². The maximum atomic E-state index is 8.70. The number of rotatable bonds is 0. The summed E-state index contributed by atoms with van der Waals surface area (Å²) in [6, 6.07) is 0. The van der Waals surface area contributed by atoms with Crippen LogP contribution in [0.1, 0.15) is 0 Å². The Balaban J connectivity index is 0. The van der Waals surface area contributed by atoms with E-state index in [0.29, 0.717) is 0 Å². The number of hydrogen-bond donors (Lipinski definition) is 2. The predicted octanol–water partition coefficient (Wildman–Crippen LogP) is -0.374. The second-order valence-corrected chi connectivity index (χ2v) is 0.758. The standard InChI is InChI=1S/Mn.HO3P/c;1-4(2)3/h;(H-,1,2,3)/p+1. The largest absolute Gasteiger partial charge is 0.692 e. The van der Waals surface area contributed by atoms with Crippen LogP contribution in [-0.4, -0.2) is 9.79 Å². The van der Waals surface area contributed by atoms with Crippen molar-refractivity contribution in [1.29, 1.82) is 0 Å². The molecule has 0 saturated heterocycles. The zero-order chi connectivity index (χ0) is 3.58. The minimum Gasteiger partial charge on any atom is -0.134 e. The van der Waals surface area contributed by atoms with Crippen LogP contribution < -0.4 is 0 Å². The van der Waals surface area contributed by atoms with Gasteiger partial charge in [-0.2, -0.15) is 0 Å². The quantitative estimate of drug-likeness (QED) is 0.352. The molecule has 0 amide bonds. The van der Waals surface area contributed by atoms with Gasteiger partial charge in [-0.25, -0.2) is 0 Å². The van der Waals surface area contributed by atoms with Gasteiger partial charge in [-0.15, -0.1) is 9.79 Å². The van der Waals surface area contributed by atoms with E-state index in [1.165, 1.54) is 0 Å². The van der Waals surface area contributed by atoms with Crippen LogP contribution in [0.4, 0.5) is 0 Å². The molecule has 0 heterocycles. The van der Waals surface area contributed by atoms with E-state index in [-0.39, 0.29) is 17.1 Å². The molecule has 5 heavy (non-hydrogen) atoms. The normalized spacial score (nSPS) is 5.20. The maximum Gasteiger partial charge on any atom is 0.692 e. The Morgan fingerprint density at radius 2 is 1.40 bits per heavy atom. The molecule has 0 aliphatic rings. The van der Waals surface area contributed by atoms with Crippen LogP contribution in [0.25, 0.3) is 0 Å². The van der Waals surface area contributed by atoms with Gasteiger partial charge in [0, 0.05) is 21.6 Å². The Hall–Kier alpha value is 0.539. The molecule has 0 aromatic carbocycles. The van der Waals surface area contributed by atoms with E-state index >= 15 is 0 Å². The van der Waals surface area contributed by atoms with Gasteiger partial charge in [0.2, 0.25) is 0 Å². The van der Waals surface area contributed by atoms with Gasteiger partial charge in [-0.1, -0.05) is 0 Å². The maximum absolute atomic E-state index is 8.70. The summed E-state index contributed by atoms with van der Waals surface area (Å²) in [5.41, 5.74) is 0. The van der Waals surface area contributed by atoms with Crippen molar-refractivity contribution in [2.24, 2.45) is 0 Å². The van der Waals surface area contributed by atoms with Gasteiger partial charge in [0.25, 0.3) is 0 Å². The predicted molar refractivity (Wildman–Crippen MR) is 12.0 cm³/mol. The first-order valence-electron chi connectivity index (χ1n) is 0.583. The smallest absolute Gasteiger partial charge is 0.134 e. The SMILES string of the molecule is O=[P+](O)O.[Mn]. The molecule has 0 unspecified atom stereocenters. The first-order valence-corrected chi connectivity index (χ1v) is 1.75. The summed E-state index contributed by atoms with van der Waals surface area (Å²) in [6.45, 7) is 0. The Labute approximate surface area is 40.4 Å². The van der Waals surface area contributed by atoms with Crippen molar-refractivity contribution in [3.05, 3.63) is 0 Å². The molecule has 3 nitrogen and oxygen atoms in total. The summed E-state index contributed by atoms with van der Waals surface area (Å²) in [4.78, 5) is 14.2. The van der Waals surface area contributed by atoms with E-state index in [2.05, 4.69) is 0 Å². The van der Waals surface area contributed by atoms with Gasteiger partial charge in [0.15, 0.2) is 0 Å². The van der Waals surface area contributed by atoms with Gasteiger partial charge in [0.05, 0.1) is 0 Å². The van der Waals surface area contributed by atoms with Crippen LogP contribution in [0.15, 0.2) is 0 Å². The summed E-state index contributed by atoms with van der Waals surface area (Å²) < 4.78 is 8.70. The first kappa shape index (κ1) is 9.11. The fraction of sp³-hybridized carbons (Fsp3) is 0. The minimum absolute atomic E-state index is 0. The molecule has 0 aromatic rings. The Morgan fingerprint density at radius 1 is 1.40 bits per heavy atom. The summed E-state index contributed by atoms with van der Waals surface area (Å²) in [6.07, 6.45) is 0. The number of hydrogen-bond acceptors (Lipinski definition) is 1. The van der Waals surface area contributed by atoms with Crippen LogP contribution >= 0.6 is 8.25 Å². The zero-order valence-corrected chi connectivity index (χ0v) is 4.20. The van der Waals surface area contributed by atoms with Crippen molar-refractivity contribution in [3.63, 3.8) is 0 Å². The van der Waals surface area contributed by atoms with Crippen molar-refractivity contribution < 1.29 is 31.4 Å². The van der Waals surface area contributed by atoms with Gasteiger partial charge >= 0.3 is 8.25 Å². The molecule has 2 N–H and O–H groups in total. The summed E-state index contributed by atoms with van der Waals surface area (Å²) in [5.74, 6) is 0. The molecule has 1 radical (unpaired) electrons. The van der Waals surface area contributed by atoms with Crippen LogP contribution in [0.5, 0.6) is 0 Å². The third kappa shape index (κ3) is 101. The molecule has 0 aliphatic heterocycles. The van der Waals surface area contributed by atoms with E-state index in [0.717, 1.165) is 0 Å². The van der Waals surface area contributed by atoms with Gasteiger partial charge < -0.3 is 0 Å². The molecule has 0 bridgehead atoms. The Morgan fingerprint density at radius 3 is 1.40 bits per heavy atom. The Kier molecular flexibility index (Phi) is 8.27.